The summed E-state index contributed by atoms with van der Waals surface area (Å²) in [6.07, 6.45) is 1.73. The van der Waals surface area contributed by atoms with Gasteiger partial charge in [0.25, 0.3) is 0 Å². The van der Waals surface area contributed by atoms with Crippen molar-refractivity contribution in [2.24, 2.45) is 0 Å². The average molecular weight is 254 g/mol. The highest BCUT2D eigenvalue weighted by atomic mass is 32.2. The molecule has 5 heteroatoms. The summed E-state index contributed by atoms with van der Waals surface area (Å²) in [7, 11) is -3.30. The van der Waals surface area contributed by atoms with Gasteiger partial charge in [0.2, 0.25) is 10.0 Å². The molecule has 0 saturated carbocycles. The molecule has 17 heavy (non-hydrogen) atoms. The van der Waals surface area contributed by atoms with Crippen LogP contribution in [0.4, 0.5) is 0 Å². The van der Waals surface area contributed by atoms with Crippen molar-refractivity contribution < 1.29 is 8.42 Å². The first kappa shape index (κ1) is 12.5. The second kappa shape index (κ2) is 5.62. The number of nitrogens with zero attached hydrogens (tertiary/aromatic N) is 1. The highest BCUT2D eigenvalue weighted by molar-refractivity contribution is 7.89. The molecular formula is C12H18N2O2S. The molecule has 1 fully saturated rings. The minimum atomic E-state index is -3.30. The van der Waals surface area contributed by atoms with Crippen molar-refractivity contribution in [3.63, 3.8) is 0 Å². The lowest BCUT2D eigenvalue weighted by molar-refractivity contribution is 0.371. The van der Waals surface area contributed by atoms with Gasteiger partial charge < -0.3 is 5.32 Å². The maximum absolute atomic E-state index is 12.4. The Labute approximate surface area is 103 Å². The van der Waals surface area contributed by atoms with Crippen LogP contribution in [-0.2, 0) is 10.0 Å². The van der Waals surface area contributed by atoms with E-state index in [1.165, 1.54) is 0 Å². The Kier molecular flexibility index (Phi) is 4.15. The van der Waals surface area contributed by atoms with Crippen molar-refractivity contribution in [3.8, 4) is 0 Å². The minimum absolute atomic E-state index is 0.397. The van der Waals surface area contributed by atoms with Crippen LogP contribution in [0.3, 0.4) is 0 Å². The first-order chi connectivity index (χ1) is 8.21. The number of benzene rings is 1. The molecule has 94 valence electrons. The summed E-state index contributed by atoms with van der Waals surface area (Å²) in [5, 5.41) is 3.28. The van der Waals surface area contributed by atoms with Crippen LogP contribution in [0.2, 0.25) is 0 Å². The fraction of sp³-hybridized carbons (Fsp3) is 0.500. The number of hydrogen-bond donors (Lipinski definition) is 1. The van der Waals surface area contributed by atoms with Crippen LogP contribution < -0.4 is 5.32 Å². The fourth-order valence-electron chi connectivity index (χ4n) is 1.98. The zero-order valence-corrected chi connectivity index (χ0v) is 10.6. The van der Waals surface area contributed by atoms with Crippen molar-refractivity contribution in [1.82, 2.24) is 9.62 Å². The van der Waals surface area contributed by atoms with E-state index in [0.717, 1.165) is 25.9 Å². The smallest absolute Gasteiger partial charge is 0.243 e. The summed E-state index contributed by atoms with van der Waals surface area (Å²) in [6.45, 7) is 2.98. The summed E-state index contributed by atoms with van der Waals surface area (Å²) < 4.78 is 26.3. The van der Waals surface area contributed by atoms with E-state index in [0.29, 0.717) is 18.0 Å². The molecule has 1 heterocycles. The van der Waals surface area contributed by atoms with E-state index in [-0.39, 0.29) is 0 Å². The molecule has 1 aromatic rings. The Hall–Kier alpha value is -0.910. The molecular weight excluding hydrogens is 236 g/mol. The molecule has 1 aliphatic rings. The van der Waals surface area contributed by atoms with Gasteiger partial charge in [-0.2, -0.15) is 4.31 Å². The molecule has 1 aliphatic heterocycles. The number of hydrogen-bond acceptors (Lipinski definition) is 3. The molecule has 0 bridgehead atoms. The second-order valence-corrected chi connectivity index (χ2v) is 6.11. The lowest BCUT2D eigenvalue weighted by atomic mass is 10.3. The second-order valence-electron chi connectivity index (χ2n) is 4.17. The molecule has 1 aromatic carbocycles. The molecule has 1 N–H and O–H groups in total. The molecule has 0 aliphatic carbocycles. The van der Waals surface area contributed by atoms with Crippen LogP contribution in [0.5, 0.6) is 0 Å². The van der Waals surface area contributed by atoms with Gasteiger partial charge in [-0.15, -0.1) is 0 Å². The molecule has 0 atom stereocenters. The Morgan fingerprint density at radius 1 is 1.00 bits per heavy atom. The quantitative estimate of drug-likeness (QED) is 0.858. The van der Waals surface area contributed by atoms with Crippen LogP contribution in [0.25, 0.3) is 0 Å². The average Bonchev–Trinajstić information content (AvgIpc) is 2.29. The van der Waals surface area contributed by atoms with Gasteiger partial charge in [-0.25, -0.2) is 8.42 Å². The van der Waals surface area contributed by atoms with Gasteiger partial charge in [-0.05, 0) is 38.1 Å². The molecule has 0 unspecified atom stereocenters. The maximum Gasteiger partial charge on any atom is 0.243 e. The number of rotatable bonds is 2. The normalized spacial score (nSPS) is 19.5. The Morgan fingerprint density at radius 3 is 2.18 bits per heavy atom. The molecule has 1 saturated heterocycles. The molecule has 0 amide bonds. The van der Waals surface area contributed by atoms with E-state index in [9.17, 15) is 8.42 Å². The SMILES string of the molecule is O=S(=O)(c1ccccc1)N1CCCNCCC1. The van der Waals surface area contributed by atoms with E-state index in [2.05, 4.69) is 5.32 Å². The minimum Gasteiger partial charge on any atom is -0.317 e. The summed E-state index contributed by atoms with van der Waals surface area (Å²) in [6, 6.07) is 8.67. The van der Waals surface area contributed by atoms with Gasteiger partial charge in [0.05, 0.1) is 4.90 Å². The van der Waals surface area contributed by atoms with Gasteiger partial charge in [0.1, 0.15) is 0 Å². The van der Waals surface area contributed by atoms with Crippen molar-refractivity contribution in [2.75, 3.05) is 26.2 Å². The van der Waals surface area contributed by atoms with Gasteiger partial charge >= 0.3 is 0 Å². The lowest BCUT2D eigenvalue weighted by Gasteiger charge is -2.24. The third-order valence-electron chi connectivity index (χ3n) is 2.90. The van der Waals surface area contributed by atoms with Crippen LogP contribution in [0.1, 0.15) is 12.8 Å². The third kappa shape index (κ3) is 3.06. The molecule has 2 rings (SSSR count). The zero-order chi connectivity index (χ0) is 12.1. The van der Waals surface area contributed by atoms with Crippen molar-refractivity contribution in [3.05, 3.63) is 30.3 Å². The third-order valence-corrected chi connectivity index (χ3v) is 4.82. The molecule has 0 aromatic heterocycles. The summed E-state index contributed by atoms with van der Waals surface area (Å²) >= 11 is 0. The van der Waals surface area contributed by atoms with Gasteiger partial charge in [0, 0.05) is 13.1 Å². The number of sulfonamides is 1. The largest absolute Gasteiger partial charge is 0.317 e. The summed E-state index contributed by atoms with van der Waals surface area (Å²) in [4.78, 5) is 0.397. The first-order valence-electron chi connectivity index (χ1n) is 5.97. The number of nitrogens with one attached hydrogen (secondary N) is 1. The van der Waals surface area contributed by atoms with Crippen LogP contribution in [0.15, 0.2) is 35.2 Å². The topological polar surface area (TPSA) is 49.4 Å². The van der Waals surface area contributed by atoms with Crippen molar-refractivity contribution in [2.45, 2.75) is 17.7 Å². The van der Waals surface area contributed by atoms with Gasteiger partial charge in [-0.3, -0.25) is 0 Å². The standard InChI is InChI=1S/C12H18N2O2S/c15-17(16,12-6-2-1-3-7-12)14-10-4-8-13-9-5-11-14/h1-3,6-7,13H,4-5,8-11H2. The molecule has 0 radical (unpaired) electrons. The Morgan fingerprint density at radius 2 is 1.59 bits per heavy atom. The summed E-state index contributed by atoms with van der Waals surface area (Å²) in [5.74, 6) is 0. The fourth-order valence-corrected chi connectivity index (χ4v) is 3.52. The van der Waals surface area contributed by atoms with Crippen molar-refractivity contribution >= 4 is 10.0 Å². The highest BCUT2D eigenvalue weighted by Gasteiger charge is 2.23. The lowest BCUT2D eigenvalue weighted by Crippen LogP contribution is -2.38. The van der Waals surface area contributed by atoms with E-state index in [1.807, 2.05) is 6.07 Å². The predicted molar refractivity (Wildman–Crippen MR) is 67.3 cm³/mol. The summed E-state index contributed by atoms with van der Waals surface area (Å²) in [5.41, 5.74) is 0. The van der Waals surface area contributed by atoms with Gasteiger partial charge in [0.15, 0.2) is 0 Å². The zero-order valence-electron chi connectivity index (χ0n) is 9.80. The van der Waals surface area contributed by atoms with Gasteiger partial charge in [-0.1, -0.05) is 18.2 Å². The first-order valence-corrected chi connectivity index (χ1v) is 7.41. The predicted octanol–water partition coefficient (Wildman–Crippen LogP) is 1.06. The van der Waals surface area contributed by atoms with E-state index < -0.39 is 10.0 Å². The van der Waals surface area contributed by atoms with E-state index in [1.54, 1.807) is 28.6 Å². The van der Waals surface area contributed by atoms with Crippen LogP contribution in [0, 0.1) is 0 Å². The van der Waals surface area contributed by atoms with Crippen molar-refractivity contribution in [1.29, 1.82) is 0 Å². The Bertz CT molecular complexity index is 437. The molecule has 0 spiro atoms. The monoisotopic (exact) mass is 254 g/mol. The van der Waals surface area contributed by atoms with Crippen LogP contribution in [-0.4, -0.2) is 38.9 Å². The molecule has 4 nitrogen and oxygen atoms in total. The van der Waals surface area contributed by atoms with E-state index in [4.69, 9.17) is 0 Å². The Balaban J connectivity index is 2.19. The van der Waals surface area contributed by atoms with E-state index >= 15 is 0 Å². The highest BCUT2D eigenvalue weighted by Crippen LogP contribution is 2.16. The maximum atomic E-state index is 12.4. The van der Waals surface area contributed by atoms with Crippen LogP contribution >= 0.6 is 0 Å².